The maximum absolute atomic E-state index is 11.5. The zero-order chi connectivity index (χ0) is 12.1. The molecule has 17 heavy (non-hydrogen) atoms. The first-order valence-electron chi connectivity index (χ1n) is 5.15. The molecule has 0 aliphatic heterocycles. The molecule has 2 N–H and O–H groups in total. The lowest BCUT2D eigenvalue weighted by molar-refractivity contribution is -0.111. The smallest absolute Gasteiger partial charge is 0.250 e. The number of hydrogen-bond acceptors (Lipinski definition) is 3. The van der Waals surface area contributed by atoms with Gasteiger partial charge in [0.05, 0.1) is 0 Å². The molecule has 5 heteroatoms. The predicted molar refractivity (Wildman–Crippen MR) is 65.2 cm³/mol. The first-order chi connectivity index (χ1) is 8.24. The third-order valence-corrected chi connectivity index (χ3v) is 2.13. The summed E-state index contributed by atoms with van der Waals surface area (Å²) in [7, 11) is 0. The molecule has 1 aromatic heterocycles. The van der Waals surface area contributed by atoms with Gasteiger partial charge in [-0.05, 0) is 18.6 Å². The van der Waals surface area contributed by atoms with Gasteiger partial charge in [-0.15, -0.1) is 0 Å². The fourth-order valence-electron chi connectivity index (χ4n) is 1.37. The van der Waals surface area contributed by atoms with Crippen molar-refractivity contribution in [1.29, 1.82) is 0 Å². The predicted octanol–water partition coefficient (Wildman–Crippen LogP) is 1.77. The number of anilines is 1. The molecule has 5 nitrogen and oxygen atoms in total. The standard InChI is InChI=1S/C12H12N4O/c1-9-3-2-4-10(7-9)5-6-11(17)15-12-13-8-14-16-12/h2-8H,1H3,(H2,13,14,15,16,17). The Morgan fingerprint density at radius 1 is 1.47 bits per heavy atom. The Hall–Kier alpha value is -2.43. The second kappa shape index (κ2) is 5.07. The Morgan fingerprint density at radius 3 is 3.06 bits per heavy atom. The lowest BCUT2D eigenvalue weighted by Gasteiger charge is -1.96. The van der Waals surface area contributed by atoms with Crippen LogP contribution in [0.25, 0.3) is 6.08 Å². The monoisotopic (exact) mass is 228 g/mol. The van der Waals surface area contributed by atoms with E-state index in [1.807, 2.05) is 31.2 Å². The number of rotatable bonds is 3. The summed E-state index contributed by atoms with van der Waals surface area (Å²) >= 11 is 0. The highest BCUT2D eigenvalue weighted by molar-refractivity contribution is 6.00. The molecule has 0 saturated heterocycles. The molecule has 86 valence electrons. The highest BCUT2D eigenvalue weighted by Crippen LogP contribution is 2.05. The number of carbonyl (C=O) groups is 1. The second-order valence-corrected chi connectivity index (χ2v) is 3.57. The number of aryl methyl sites for hydroxylation is 1. The SMILES string of the molecule is Cc1cccc(C=CC(=O)Nc2ncn[nH]2)c1. The van der Waals surface area contributed by atoms with Gasteiger partial charge in [0.15, 0.2) is 0 Å². The third-order valence-electron chi connectivity index (χ3n) is 2.13. The van der Waals surface area contributed by atoms with Crippen molar-refractivity contribution in [2.45, 2.75) is 6.92 Å². The number of aromatic amines is 1. The number of H-pyrrole nitrogens is 1. The lowest BCUT2D eigenvalue weighted by Crippen LogP contribution is -2.08. The van der Waals surface area contributed by atoms with Crippen molar-refractivity contribution in [2.75, 3.05) is 5.32 Å². The molecule has 0 bridgehead atoms. The van der Waals surface area contributed by atoms with Crippen molar-refractivity contribution in [3.63, 3.8) is 0 Å². The van der Waals surface area contributed by atoms with Crippen LogP contribution >= 0.6 is 0 Å². The van der Waals surface area contributed by atoms with Crippen LogP contribution in [0.3, 0.4) is 0 Å². The Balaban J connectivity index is 1.99. The van der Waals surface area contributed by atoms with Crippen molar-refractivity contribution in [3.05, 3.63) is 47.8 Å². The Bertz CT molecular complexity index is 531. The summed E-state index contributed by atoms with van der Waals surface area (Å²) in [6.07, 6.45) is 4.54. The molecule has 2 rings (SSSR count). The van der Waals surface area contributed by atoms with Crippen LogP contribution in [0.5, 0.6) is 0 Å². The first-order valence-corrected chi connectivity index (χ1v) is 5.15. The minimum absolute atomic E-state index is 0.247. The van der Waals surface area contributed by atoms with Crippen LogP contribution < -0.4 is 5.32 Å². The summed E-state index contributed by atoms with van der Waals surface area (Å²) in [5, 5.41) is 8.73. The largest absolute Gasteiger partial charge is 0.291 e. The molecule has 0 unspecified atom stereocenters. The van der Waals surface area contributed by atoms with Crippen molar-refractivity contribution in [2.24, 2.45) is 0 Å². The zero-order valence-corrected chi connectivity index (χ0v) is 9.34. The van der Waals surface area contributed by atoms with Crippen molar-refractivity contribution in [3.8, 4) is 0 Å². The van der Waals surface area contributed by atoms with Gasteiger partial charge in [0.2, 0.25) is 5.95 Å². The highest BCUT2D eigenvalue weighted by Gasteiger charge is 1.98. The average molecular weight is 228 g/mol. The fourth-order valence-corrected chi connectivity index (χ4v) is 1.37. The molecule has 1 aromatic carbocycles. The van der Waals surface area contributed by atoms with Crippen molar-refractivity contribution in [1.82, 2.24) is 15.2 Å². The quantitative estimate of drug-likeness (QED) is 0.786. The van der Waals surface area contributed by atoms with Crippen LogP contribution in [-0.4, -0.2) is 21.1 Å². The molecule has 0 fully saturated rings. The molecule has 0 saturated carbocycles. The van der Waals surface area contributed by atoms with E-state index in [2.05, 4.69) is 20.5 Å². The Labute approximate surface area is 98.6 Å². The number of aromatic nitrogens is 3. The molecular formula is C12H12N4O. The van der Waals surface area contributed by atoms with Crippen LogP contribution in [0.4, 0.5) is 5.95 Å². The Morgan fingerprint density at radius 2 is 2.35 bits per heavy atom. The molecular weight excluding hydrogens is 216 g/mol. The summed E-state index contributed by atoms with van der Waals surface area (Å²) in [6.45, 7) is 2.01. The van der Waals surface area contributed by atoms with Crippen molar-refractivity contribution < 1.29 is 4.79 Å². The summed E-state index contributed by atoms with van der Waals surface area (Å²) < 4.78 is 0. The highest BCUT2D eigenvalue weighted by atomic mass is 16.1. The van der Waals surface area contributed by atoms with E-state index in [1.54, 1.807) is 6.08 Å². The number of nitrogens with zero attached hydrogens (tertiary/aromatic N) is 2. The van der Waals surface area contributed by atoms with E-state index in [1.165, 1.54) is 12.4 Å². The molecule has 0 atom stereocenters. The molecule has 1 amide bonds. The van der Waals surface area contributed by atoms with E-state index in [0.717, 1.165) is 11.1 Å². The summed E-state index contributed by atoms with van der Waals surface area (Å²) in [5.41, 5.74) is 2.14. The number of amides is 1. The molecule has 0 radical (unpaired) electrons. The molecule has 0 aliphatic rings. The van der Waals surface area contributed by atoms with E-state index in [9.17, 15) is 4.79 Å². The summed E-state index contributed by atoms with van der Waals surface area (Å²) in [4.78, 5) is 15.3. The molecule has 1 heterocycles. The molecule has 0 spiro atoms. The van der Waals surface area contributed by atoms with E-state index in [4.69, 9.17) is 0 Å². The van der Waals surface area contributed by atoms with Gasteiger partial charge < -0.3 is 0 Å². The number of nitrogens with one attached hydrogen (secondary N) is 2. The van der Waals surface area contributed by atoms with Crippen molar-refractivity contribution >= 4 is 17.9 Å². The first kappa shape index (κ1) is 11.1. The number of carbonyl (C=O) groups excluding carboxylic acids is 1. The van der Waals surface area contributed by atoms with Gasteiger partial charge in [0, 0.05) is 6.08 Å². The van der Waals surface area contributed by atoms with Gasteiger partial charge in [-0.25, -0.2) is 5.10 Å². The molecule has 2 aromatic rings. The number of benzene rings is 1. The van der Waals surface area contributed by atoms with E-state index >= 15 is 0 Å². The second-order valence-electron chi connectivity index (χ2n) is 3.57. The van der Waals surface area contributed by atoms with Gasteiger partial charge >= 0.3 is 0 Å². The van der Waals surface area contributed by atoms with Gasteiger partial charge in [-0.3, -0.25) is 10.1 Å². The Kier molecular flexibility index (Phi) is 3.30. The van der Waals surface area contributed by atoms with E-state index in [0.29, 0.717) is 5.95 Å². The summed E-state index contributed by atoms with van der Waals surface area (Å²) in [5.74, 6) is 0.0900. The minimum Gasteiger partial charge on any atom is -0.291 e. The topological polar surface area (TPSA) is 70.7 Å². The average Bonchev–Trinajstić information content (AvgIpc) is 2.79. The third kappa shape index (κ3) is 3.27. The van der Waals surface area contributed by atoms with Crippen LogP contribution in [0.15, 0.2) is 36.7 Å². The molecule has 0 aliphatic carbocycles. The lowest BCUT2D eigenvalue weighted by atomic mass is 10.1. The zero-order valence-electron chi connectivity index (χ0n) is 9.34. The summed E-state index contributed by atoms with van der Waals surface area (Å²) in [6, 6.07) is 7.89. The van der Waals surface area contributed by atoms with Crippen LogP contribution in [0.2, 0.25) is 0 Å². The van der Waals surface area contributed by atoms with Crippen LogP contribution in [0.1, 0.15) is 11.1 Å². The minimum atomic E-state index is -0.247. The van der Waals surface area contributed by atoms with Gasteiger partial charge in [-0.2, -0.15) is 10.1 Å². The van der Waals surface area contributed by atoms with E-state index < -0.39 is 0 Å². The van der Waals surface area contributed by atoms with Gasteiger partial charge in [0.25, 0.3) is 5.91 Å². The van der Waals surface area contributed by atoms with Crippen LogP contribution in [0, 0.1) is 6.92 Å². The van der Waals surface area contributed by atoms with E-state index in [-0.39, 0.29) is 5.91 Å². The normalized spacial score (nSPS) is 10.6. The maximum atomic E-state index is 11.5. The number of hydrogen-bond donors (Lipinski definition) is 2. The fraction of sp³-hybridized carbons (Fsp3) is 0.0833. The maximum Gasteiger partial charge on any atom is 0.250 e. The van der Waals surface area contributed by atoms with Gasteiger partial charge in [0.1, 0.15) is 6.33 Å². The van der Waals surface area contributed by atoms with Crippen LogP contribution in [-0.2, 0) is 4.79 Å². The van der Waals surface area contributed by atoms with Gasteiger partial charge in [-0.1, -0.05) is 29.8 Å².